The zero-order chi connectivity index (χ0) is 19.3. The minimum Gasteiger partial charge on any atom is -0.493 e. The predicted molar refractivity (Wildman–Crippen MR) is 102 cm³/mol. The Hall–Kier alpha value is -1.90. The molecule has 1 aromatic heterocycles. The maximum Gasteiger partial charge on any atom is 0.226 e. The van der Waals surface area contributed by atoms with Crippen molar-refractivity contribution in [3.63, 3.8) is 0 Å². The molecular weight excluding hydrogens is 368 g/mol. The van der Waals surface area contributed by atoms with Crippen molar-refractivity contribution >= 4 is 10.0 Å². The number of rotatable bonds is 8. The lowest BCUT2D eigenvalue weighted by molar-refractivity contribution is 0.0186. The van der Waals surface area contributed by atoms with Crippen LogP contribution in [0.15, 0.2) is 34.9 Å². The molecule has 1 aliphatic heterocycles. The molecule has 0 spiro atoms. The first-order valence-electron chi connectivity index (χ1n) is 9.20. The summed E-state index contributed by atoms with van der Waals surface area (Å²) in [5, 5.41) is 0. The maximum absolute atomic E-state index is 12.1. The van der Waals surface area contributed by atoms with E-state index in [0.29, 0.717) is 44.3 Å². The van der Waals surface area contributed by atoms with Crippen molar-refractivity contribution in [2.45, 2.75) is 32.7 Å². The van der Waals surface area contributed by atoms with Crippen molar-refractivity contribution in [1.29, 1.82) is 0 Å². The topological polar surface area (TPSA) is 90.7 Å². The van der Waals surface area contributed by atoms with E-state index in [9.17, 15) is 8.42 Å². The van der Waals surface area contributed by atoms with Crippen molar-refractivity contribution in [2.75, 3.05) is 25.6 Å². The van der Waals surface area contributed by atoms with Crippen LogP contribution in [0.2, 0.25) is 0 Å². The Bertz CT molecular complexity index is 832. The summed E-state index contributed by atoms with van der Waals surface area (Å²) >= 11 is 0. The third-order valence-electron chi connectivity index (χ3n) is 4.46. The van der Waals surface area contributed by atoms with E-state index in [-0.39, 0.29) is 17.7 Å². The van der Waals surface area contributed by atoms with E-state index in [2.05, 4.69) is 9.71 Å². The molecule has 1 fully saturated rings. The van der Waals surface area contributed by atoms with Gasteiger partial charge in [0.15, 0.2) is 0 Å². The normalized spacial score (nSPS) is 20.5. The van der Waals surface area contributed by atoms with Crippen LogP contribution in [-0.2, 0) is 14.8 Å². The number of aromatic nitrogens is 1. The molecule has 2 unspecified atom stereocenters. The number of nitrogens with one attached hydrogen (secondary N) is 1. The molecule has 2 heterocycles. The molecule has 3 rings (SSSR count). The number of hydrogen-bond acceptors (Lipinski definition) is 6. The second-order valence-corrected chi connectivity index (χ2v) is 8.65. The summed E-state index contributed by atoms with van der Waals surface area (Å²) < 4.78 is 43.9. The second-order valence-electron chi connectivity index (χ2n) is 6.78. The van der Waals surface area contributed by atoms with Gasteiger partial charge in [-0.05, 0) is 44.0 Å². The molecular formula is C19H26N2O5S. The monoisotopic (exact) mass is 394 g/mol. The van der Waals surface area contributed by atoms with Gasteiger partial charge in [0.1, 0.15) is 11.5 Å². The standard InChI is InChI=1S/C19H26N2O5S/c1-3-10-27(22,23)21-18-8-9-24-12-16(18)13-25-17-6-4-15(5-7-17)19-20-11-14(2)26-19/h4-7,11,16,18,21H,3,8-10,12-13H2,1-2H3. The van der Waals surface area contributed by atoms with Crippen LogP contribution in [0.5, 0.6) is 5.75 Å². The average Bonchev–Trinajstić information content (AvgIpc) is 3.07. The number of hydrogen-bond donors (Lipinski definition) is 1. The SMILES string of the molecule is CCCS(=O)(=O)NC1CCOCC1COc1ccc(-c2ncc(C)o2)cc1. The van der Waals surface area contributed by atoms with Gasteiger partial charge in [-0.15, -0.1) is 0 Å². The highest BCUT2D eigenvalue weighted by atomic mass is 32.2. The summed E-state index contributed by atoms with van der Waals surface area (Å²) in [7, 11) is -3.26. The van der Waals surface area contributed by atoms with E-state index < -0.39 is 10.0 Å². The van der Waals surface area contributed by atoms with Gasteiger partial charge in [-0.3, -0.25) is 0 Å². The molecule has 1 saturated heterocycles. The summed E-state index contributed by atoms with van der Waals surface area (Å²) in [6.07, 6.45) is 2.93. The molecule has 2 atom stereocenters. The van der Waals surface area contributed by atoms with E-state index in [1.165, 1.54) is 0 Å². The predicted octanol–water partition coefficient (Wildman–Crippen LogP) is 2.76. The van der Waals surface area contributed by atoms with Crippen LogP contribution >= 0.6 is 0 Å². The molecule has 0 bridgehead atoms. The molecule has 2 aromatic rings. The van der Waals surface area contributed by atoms with Gasteiger partial charge in [0, 0.05) is 24.1 Å². The third-order valence-corrected chi connectivity index (χ3v) is 6.07. The Kier molecular flexibility index (Phi) is 6.51. The Balaban J connectivity index is 1.59. The van der Waals surface area contributed by atoms with Crippen LogP contribution in [0.25, 0.3) is 11.5 Å². The Morgan fingerprint density at radius 2 is 2.07 bits per heavy atom. The van der Waals surface area contributed by atoms with E-state index in [1.54, 1.807) is 6.20 Å². The molecule has 8 heteroatoms. The zero-order valence-corrected chi connectivity index (χ0v) is 16.5. The van der Waals surface area contributed by atoms with Gasteiger partial charge in [-0.1, -0.05) is 6.92 Å². The molecule has 0 saturated carbocycles. The van der Waals surface area contributed by atoms with Gasteiger partial charge < -0.3 is 13.9 Å². The Labute approximate surface area is 160 Å². The first-order valence-corrected chi connectivity index (χ1v) is 10.9. The lowest BCUT2D eigenvalue weighted by atomic mass is 9.98. The van der Waals surface area contributed by atoms with Crippen molar-refractivity contribution in [3.05, 3.63) is 36.2 Å². The highest BCUT2D eigenvalue weighted by Crippen LogP contribution is 2.23. The molecule has 7 nitrogen and oxygen atoms in total. The van der Waals surface area contributed by atoms with Gasteiger partial charge in [0.05, 0.1) is 25.2 Å². The lowest BCUT2D eigenvalue weighted by Crippen LogP contribution is -2.48. The fraction of sp³-hybridized carbons (Fsp3) is 0.526. The van der Waals surface area contributed by atoms with Crippen LogP contribution in [0, 0.1) is 12.8 Å². The van der Waals surface area contributed by atoms with Crippen LogP contribution < -0.4 is 9.46 Å². The summed E-state index contributed by atoms with van der Waals surface area (Å²) in [5.74, 6) is 2.16. The first kappa shape index (κ1) is 19.9. The largest absolute Gasteiger partial charge is 0.493 e. The molecule has 148 valence electrons. The summed E-state index contributed by atoms with van der Waals surface area (Å²) in [6.45, 7) is 5.13. The molecule has 1 N–H and O–H groups in total. The fourth-order valence-electron chi connectivity index (χ4n) is 3.06. The van der Waals surface area contributed by atoms with Crippen LogP contribution in [0.1, 0.15) is 25.5 Å². The molecule has 27 heavy (non-hydrogen) atoms. The van der Waals surface area contributed by atoms with Gasteiger partial charge in [0.25, 0.3) is 0 Å². The van der Waals surface area contributed by atoms with Crippen molar-refractivity contribution < 1.29 is 22.3 Å². The minimum atomic E-state index is -3.26. The number of ether oxygens (including phenoxy) is 2. The second kappa shape index (κ2) is 8.86. The smallest absolute Gasteiger partial charge is 0.226 e. The molecule has 0 aliphatic carbocycles. The number of aryl methyl sites for hydroxylation is 1. The zero-order valence-electron chi connectivity index (χ0n) is 15.7. The van der Waals surface area contributed by atoms with Crippen LogP contribution in [0.3, 0.4) is 0 Å². The Morgan fingerprint density at radius 1 is 1.30 bits per heavy atom. The Morgan fingerprint density at radius 3 is 2.74 bits per heavy atom. The summed E-state index contributed by atoms with van der Waals surface area (Å²) in [6, 6.07) is 7.33. The highest BCUT2D eigenvalue weighted by molar-refractivity contribution is 7.89. The number of oxazole rings is 1. The lowest BCUT2D eigenvalue weighted by Gasteiger charge is -2.31. The van der Waals surface area contributed by atoms with Crippen molar-refractivity contribution in [1.82, 2.24) is 9.71 Å². The first-order chi connectivity index (χ1) is 13.0. The number of sulfonamides is 1. The molecule has 0 radical (unpaired) electrons. The van der Waals surface area contributed by atoms with E-state index in [0.717, 1.165) is 11.3 Å². The fourth-order valence-corrected chi connectivity index (χ4v) is 4.49. The van der Waals surface area contributed by atoms with E-state index >= 15 is 0 Å². The summed E-state index contributed by atoms with van der Waals surface area (Å²) in [4.78, 5) is 4.21. The van der Waals surface area contributed by atoms with Crippen molar-refractivity contribution in [3.8, 4) is 17.2 Å². The highest BCUT2D eigenvalue weighted by Gasteiger charge is 2.29. The van der Waals surface area contributed by atoms with Crippen molar-refractivity contribution in [2.24, 2.45) is 5.92 Å². The van der Waals surface area contributed by atoms with Gasteiger partial charge in [-0.2, -0.15) is 0 Å². The minimum absolute atomic E-state index is 0.0283. The van der Waals surface area contributed by atoms with Crippen LogP contribution in [-0.4, -0.2) is 45.0 Å². The van der Waals surface area contributed by atoms with Gasteiger partial charge in [-0.25, -0.2) is 18.1 Å². The van der Waals surface area contributed by atoms with E-state index in [4.69, 9.17) is 13.9 Å². The summed E-state index contributed by atoms with van der Waals surface area (Å²) in [5.41, 5.74) is 0.877. The van der Waals surface area contributed by atoms with Gasteiger partial charge in [0.2, 0.25) is 15.9 Å². The number of nitrogens with zero attached hydrogens (tertiary/aromatic N) is 1. The quantitative estimate of drug-likeness (QED) is 0.740. The van der Waals surface area contributed by atoms with E-state index in [1.807, 2.05) is 38.1 Å². The molecule has 1 aromatic carbocycles. The van der Waals surface area contributed by atoms with Crippen LogP contribution in [0.4, 0.5) is 0 Å². The average molecular weight is 394 g/mol. The molecule has 1 aliphatic rings. The number of benzene rings is 1. The maximum atomic E-state index is 12.1. The molecule has 0 amide bonds. The van der Waals surface area contributed by atoms with Gasteiger partial charge >= 0.3 is 0 Å². The third kappa shape index (κ3) is 5.54.